The minimum Gasteiger partial charge on any atom is -0.481 e. The molecule has 2 aliphatic rings. The van der Waals surface area contributed by atoms with Crippen LogP contribution in [0.2, 0.25) is 0 Å². The SMILES string of the molecule is CCOC(=O)C1=C(C)N(CCCCCC(=O)O)C(=O)NC1c1ccc2c(c1)OCO2. The zero-order valence-electron chi connectivity index (χ0n) is 17.1. The van der Waals surface area contributed by atoms with Crippen molar-refractivity contribution in [2.45, 2.75) is 45.6 Å². The van der Waals surface area contributed by atoms with Gasteiger partial charge in [-0.15, -0.1) is 0 Å². The Labute approximate surface area is 174 Å². The number of nitrogens with zero attached hydrogens (tertiary/aromatic N) is 1. The summed E-state index contributed by atoms with van der Waals surface area (Å²) in [6.45, 7) is 4.18. The lowest BCUT2D eigenvalue weighted by Gasteiger charge is -2.35. The van der Waals surface area contributed by atoms with Crippen molar-refractivity contribution in [3.05, 3.63) is 35.0 Å². The predicted molar refractivity (Wildman–Crippen MR) is 106 cm³/mol. The fraction of sp³-hybridized carbons (Fsp3) is 0.476. The van der Waals surface area contributed by atoms with Gasteiger partial charge >= 0.3 is 18.0 Å². The largest absolute Gasteiger partial charge is 0.481 e. The molecule has 1 aromatic carbocycles. The number of esters is 1. The molecule has 2 N–H and O–H groups in total. The molecule has 162 valence electrons. The van der Waals surface area contributed by atoms with Crippen molar-refractivity contribution in [1.82, 2.24) is 10.2 Å². The molecule has 9 heteroatoms. The van der Waals surface area contributed by atoms with Gasteiger partial charge in [0.1, 0.15) is 0 Å². The summed E-state index contributed by atoms with van der Waals surface area (Å²) in [6, 6.07) is 4.29. The number of carboxylic acids is 1. The number of unbranched alkanes of at least 4 members (excludes halogenated alkanes) is 2. The molecule has 0 saturated carbocycles. The number of carbonyl (C=O) groups is 3. The number of urea groups is 1. The Morgan fingerprint density at radius 2 is 2.00 bits per heavy atom. The van der Waals surface area contributed by atoms with Crippen LogP contribution in [0.15, 0.2) is 29.5 Å². The van der Waals surface area contributed by atoms with E-state index in [-0.39, 0.29) is 25.9 Å². The monoisotopic (exact) mass is 418 g/mol. The molecule has 0 fully saturated rings. The Morgan fingerprint density at radius 1 is 1.23 bits per heavy atom. The van der Waals surface area contributed by atoms with Crippen molar-refractivity contribution < 1.29 is 33.7 Å². The number of aliphatic carboxylic acids is 1. The van der Waals surface area contributed by atoms with E-state index in [2.05, 4.69) is 5.32 Å². The molecule has 2 aliphatic heterocycles. The van der Waals surface area contributed by atoms with Gasteiger partial charge in [0.2, 0.25) is 6.79 Å². The van der Waals surface area contributed by atoms with Gasteiger partial charge in [-0.05, 0) is 44.4 Å². The third-order valence-electron chi connectivity index (χ3n) is 5.09. The highest BCUT2D eigenvalue weighted by Gasteiger charge is 2.36. The molecule has 0 radical (unpaired) electrons. The molecule has 0 saturated heterocycles. The Balaban J connectivity index is 1.83. The summed E-state index contributed by atoms with van der Waals surface area (Å²) in [5.41, 5.74) is 1.58. The molecule has 9 nitrogen and oxygen atoms in total. The molecule has 1 unspecified atom stereocenters. The third kappa shape index (κ3) is 4.67. The number of benzene rings is 1. The van der Waals surface area contributed by atoms with Gasteiger partial charge in [-0.1, -0.05) is 12.5 Å². The van der Waals surface area contributed by atoms with Crippen molar-refractivity contribution in [3.63, 3.8) is 0 Å². The van der Waals surface area contributed by atoms with Crippen LogP contribution in [-0.4, -0.2) is 47.9 Å². The minimum absolute atomic E-state index is 0.0985. The Bertz CT molecular complexity index is 865. The maximum absolute atomic E-state index is 12.8. The molecule has 30 heavy (non-hydrogen) atoms. The Hall–Kier alpha value is -3.23. The van der Waals surface area contributed by atoms with Crippen LogP contribution in [0, 0.1) is 0 Å². The third-order valence-corrected chi connectivity index (χ3v) is 5.09. The van der Waals surface area contributed by atoms with Crippen LogP contribution >= 0.6 is 0 Å². The highest BCUT2D eigenvalue weighted by molar-refractivity contribution is 5.95. The van der Waals surface area contributed by atoms with E-state index in [0.717, 1.165) is 0 Å². The van der Waals surface area contributed by atoms with E-state index in [0.29, 0.717) is 54.1 Å². The summed E-state index contributed by atoms with van der Waals surface area (Å²) in [4.78, 5) is 37.7. The van der Waals surface area contributed by atoms with E-state index < -0.39 is 18.0 Å². The van der Waals surface area contributed by atoms with Gasteiger partial charge in [0.25, 0.3) is 0 Å². The number of amides is 2. The van der Waals surface area contributed by atoms with Crippen LogP contribution in [0.25, 0.3) is 0 Å². The average Bonchev–Trinajstić information content (AvgIpc) is 3.17. The summed E-state index contributed by atoms with van der Waals surface area (Å²) < 4.78 is 16.0. The molecule has 0 bridgehead atoms. The normalized spacial score (nSPS) is 17.7. The van der Waals surface area contributed by atoms with E-state index in [1.54, 1.807) is 32.0 Å². The lowest BCUT2D eigenvalue weighted by molar-refractivity contribution is -0.139. The first kappa shape index (κ1) is 21.5. The van der Waals surface area contributed by atoms with Crippen molar-refractivity contribution in [3.8, 4) is 11.5 Å². The molecule has 0 aromatic heterocycles. The first-order valence-electron chi connectivity index (χ1n) is 9.99. The summed E-state index contributed by atoms with van der Waals surface area (Å²) in [7, 11) is 0. The van der Waals surface area contributed by atoms with Crippen LogP contribution < -0.4 is 14.8 Å². The zero-order valence-corrected chi connectivity index (χ0v) is 17.1. The molecular formula is C21H26N2O7. The lowest BCUT2D eigenvalue weighted by atomic mass is 9.94. The van der Waals surface area contributed by atoms with Gasteiger partial charge < -0.3 is 24.6 Å². The van der Waals surface area contributed by atoms with E-state index in [1.807, 2.05) is 0 Å². The van der Waals surface area contributed by atoms with Crippen LogP contribution in [-0.2, 0) is 14.3 Å². The number of nitrogens with one attached hydrogen (secondary N) is 1. The summed E-state index contributed by atoms with van der Waals surface area (Å²) in [5, 5.41) is 11.6. The van der Waals surface area contributed by atoms with Gasteiger partial charge in [-0.3, -0.25) is 9.69 Å². The number of ether oxygens (including phenoxy) is 3. The van der Waals surface area contributed by atoms with Crippen LogP contribution in [0.5, 0.6) is 11.5 Å². The summed E-state index contributed by atoms with van der Waals surface area (Å²) >= 11 is 0. The molecular weight excluding hydrogens is 392 g/mol. The average molecular weight is 418 g/mol. The van der Waals surface area contributed by atoms with Crippen LogP contribution in [0.4, 0.5) is 4.79 Å². The van der Waals surface area contributed by atoms with Gasteiger partial charge in [0.15, 0.2) is 11.5 Å². The minimum atomic E-state index is -0.835. The number of allylic oxidation sites excluding steroid dienone is 1. The number of hydrogen-bond acceptors (Lipinski definition) is 6. The molecule has 1 atom stereocenters. The van der Waals surface area contributed by atoms with Crippen molar-refractivity contribution in [1.29, 1.82) is 0 Å². The van der Waals surface area contributed by atoms with E-state index in [4.69, 9.17) is 19.3 Å². The number of carboxylic acid groups (broad SMARTS) is 1. The highest BCUT2D eigenvalue weighted by atomic mass is 16.7. The molecule has 1 aromatic rings. The lowest BCUT2D eigenvalue weighted by Crippen LogP contribution is -2.48. The zero-order chi connectivity index (χ0) is 21.7. The standard InChI is InChI=1S/C21H26N2O7/c1-3-28-20(26)18-13(2)23(10-6-4-5-7-17(24)25)21(27)22-19(18)14-8-9-15-16(11-14)30-12-29-15/h8-9,11,19H,3-7,10,12H2,1-2H3,(H,22,27)(H,24,25). The van der Waals surface area contributed by atoms with E-state index in [1.165, 1.54) is 4.90 Å². The van der Waals surface area contributed by atoms with Gasteiger partial charge in [-0.2, -0.15) is 0 Å². The second kappa shape index (κ2) is 9.51. The van der Waals surface area contributed by atoms with Gasteiger partial charge in [0, 0.05) is 18.7 Å². The second-order valence-corrected chi connectivity index (χ2v) is 7.07. The number of rotatable bonds is 9. The van der Waals surface area contributed by atoms with Crippen LogP contribution in [0.3, 0.4) is 0 Å². The number of hydrogen-bond donors (Lipinski definition) is 2. The smallest absolute Gasteiger partial charge is 0.338 e. The quantitative estimate of drug-likeness (QED) is 0.468. The van der Waals surface area contributed by atoms with E-state index in [9.17, 15) is 14.4 Å². The van der Waals surface area contributed by atoms with E-state index >= 15 is 0 Å². The topological polar surface area (TPSA) is 114 Å². The molecule has 2 amide bonds. The molecule has 3 rings (SSSR count). The summed E-state index contributed by atoms with van der Waals surface area (Å²) in [6.07, 6.45) is 1.94. The number of fused-ring (bicyclic) bond motifs is 1. The van der Waals surface area contributed by atoms with Crippen molar-refractivity contribution in [2.24, 2.45) is 0 Å². The first-order chi connectivity index (χ1) is 14.4. The molecule has 2 heterocycles. The van der Waals surface area contributed by atoms with Crippen molar-refractivity contribution in [2.75, 3.05) is 19.9 Å². The fourth-order valence-electron chi connectivity index (χ4n) is 3.59. The second-order valence-electron chi connectivity index (χ2n) is 7.07. The predicted octanol–water partition coefficient (Wildman–Crippen LogP) is 2.96. The Morgan fingerprint density at radius 3 is 2.73 bits per heavy atom. The van der Waals surface area contributed by atoms with Crippen LogP contribution in [0.1, 0.15) is 51.1 Å². The Kier molecular flexibility index (Phi) is 6.81. The van der Waals surface area contributed by atoms with Gasteiger partial charge in [-0.25, -0.2) is 9.59 Å². The molecule has 0 spiro atoms. The molecule has 0 aliphatic carbocycles. The highest BCUT2D eigenvalue weighted by Crippen LogP contribution is 2.38. The summed E-state index contributed by atoms with van der Waals surface area (Å²) in [5.74, 6) is -0.155. The maximum atomic E-state index is 12.8. The van der Waals surface area contributed by atoms with Gasteiger partial charge in [0.05, 0.1) is 18.2 Å². The number of carbonyl (C=O) groups excluding carboxylic acids is 2. The first-order valence-corrected chi connectivity index (χ1v) is 9.99. The fourth-order valence-corrected chi connectivity index (χ4v) is 3.59. The maximum Gasteiger partial charge on any atom is 0.338 e. The van der Waals surface area contributed by atoms with Crippen molar-refractivity contribution >= 4 is 18.0 Å².